The van der Waals surface area contributed by atoms with E-state index in [1.807, 2.05) is 0 Å². The van der Waals surface area contributed by atoms with Crippen LogP contribution in [0.3, 0.4) is 0 Å². The van der Waals surface area contributed by atoms with E-state index < -0.39 is 0 Å². The maximum absolute atomic E-state index is 10.9. The van der Waals surface area contributed by atoms with Crippen molar-refractivity contribution in [3.05, 3.63) is 0 Å². The summed E-state index contributed by atoms with van der Waals surface area (Å²) in [5.74, 6) is 0.859. The molecule has 0 radical (unpaired) electrons. The fraction of sp³-hybridized carbons (Fsp3) is 0.750. The van der Waals surface area contributed by atoms with Crippen LogP contribution in [0.1, 0.15) is 25.7 Å². The Morgan fingerprint density at radius 3 is 2.00 bits per heavy atom. The molecule has 2 fully saturated rings. The lowest BCUT2D eigenvalue weighted by molar-refractivity contribution is -0.135. The maximum Gasteiger partial charge on any atom is 0.226 e. The molecular formula is C8H11NO2. The zero-order valence-corrected chi connectivity index (χ0v) is 6.30. The van der Waals surface area contributed by atoms with E-state index >= 15 is 0 Å². The number of amides is 2. The molecule has 0 aromatic carbocycles. The maximum atomic E-state index is 10.9. The first-order chi connectivity index (χ1) is 5.25. The SMILES string of the molecule is O=C1CC(C2CC2)CC(=O)N1. The zero-order valence-electron chi connectivity index (χ0n) is 6.30. The minimum absolute atomic E-state index is 0.0850. The van der Waals surface area contributed by atoms with Crippen LogP contribution in [-0.4, -0.2) is 11.8 Å². The minimum Gasteiger partial charge on any atom is -0.296 e. The molecular weight excluding hydrogens is 142 g/mol. The number of piperidine rings is 1. The predicted octanol–water partition coefficient (Wildman–Crippen LogP) is 0.449. The third-order valence-electron chi connectivity index (χ3n) is 2.46. The van der Waals surface area contributed by atoms with Gasteiger partial charge in [0.2, 0.25) is 11.8 Å². The molecule has 1 saturated carbocycles. The van der Waals surface area contributed by atoms with Gasteiger partial charge in [-0.3, -0.25) is 14.9 Å². The zero-order chi connectivity index (χ0) is 7.84. The van der Waals surface area contributed by atoms with Gasteiger partial charge < -0.3 is 0 Å². The van der Waals surface area contributed by atoms with Gasteiger partial charge in [0.15, 0.2) is 0 Å². The second kappa shape index (κ2) is 2.32. The Balaban J connectivity index is 1.99. The minimum atomic E-state index is -0.0850. The Bertz CT molecular complexity index is 192. The Morgan fingerprint density at radius 2 is 1.55 bits per heavy atom. The summed E-state index contributed by atoms with van der Waals surface area (Å²) in [4.78, 5) is 21.8. The van der Waals surface area contributed by atoms with Crippen LogP contribution in [0.2, 0.25) is 0 Å². The van der Waals surface area contributed by atoms with E-state index in [9.17, 15) is 9.59 Å². The van der Waals surface area contributed by atoms with Gasteiger partial charge in [-0.2, -0.15) is 0 Å². The lowest BCUT2D eigenvalue weighted by atomic mass is 9.92. The lowest BCUT2D eigenvalue weighted by Crippen LogP contribution is -2.39. The van der Waals surface area contributed by atoms with Gasteiger partial charge in [0.1, 0.15) is 0 Å². The van der Waals surface area contributed by atoms with E-state index in [-0.39, 0.29) is 11.8 Å². The molecule has 1 N–H and O–H groups in total. The summed E-state index contributed by atoms with van der Waals surface area (Å²) in [5.41, 5.74) is 0. The van der Waals surface area contributed by atoms with E-state index in [4.69, 9.17) is 0 Å². The molecule has 0 spiro atoms. The van der Waals surface area contributed by atoms with Crippen molar-refractivity contribution in [1.29, 1.82) is 0 Å². The molecule has 1 aliphatic carbocycles. The van der Waals surface area contributed by atoms with Crippen LogP contribution >= 0.6 is 0 Å². The van der Waals surface area contributed by atoms with Gasteiger partial charge in [0, 0.05) is 12.8 Å². The molecule has 60 valence electrons. The molecule has 2 aliphatic rings. The highest BCUT2D eigenvalue weighted by Gasteiger charge is 2.36. The van der Waals surface area contributed by atoms with Gasteiger partial charge in [-0.1, -0.05) is 0 Å². The van der Waals surface area contributed by atoms with Gasteiger partial charge in [-0.05, 0) is 24.7 Å². The summed E-state index contributed by atoms with van der Waals surface area (Å²) in [7, 11) is 0. The van der Waals surface area contributed by atoms with Crippen LogP contribution in [0, 0.1) is 11.8 Å². The second-order valence-corrected chi connectivity index (χ2v) is 3.48. The summed E-state index contributed by atoms with van der Waals surface area (Å²) in [6, 6.07) is 0. The van der Waals surface area contributed by atoms with Crippen LogP contribution in [0.4, 0.5) is 0 Å². The van der Waals surface area contributed by atoms with Crippen molar-refractivity contribution in [1.82, 2.24) is 5.32 Å². The number of hydrogen-bond donors (Lipinski definition) is 1. The van der Waals surface area contributed by atoms with Crippen molar-refractivity contribution in [2.75, 3.05) is 0 Å². The van der Waals surface area contributed by atoms with Crippen molar-refractivity contribution in [3.63, 3.8) is 0 Å². The topological polar surface area (TPSA) is 46.2 Å². The first kappa shape index (κ1) is 6.83. The highest BCUT2D eigenvalue weighted by Crippen LogP contribution is 2.41. The first-order valence-electron chi connectivity index (χ1n) is 4.08. The van der Waals surface area contributed by atoms with Gasteiger partial charge in [0.25, 0.3) is 0 Å². The number of imide groups is 1. The summed E-state index contributed by atoms with van der Waals surface area (Å²) in [6.45, 7) is 0. The highest BCUT2D eigenvalue weighted by atomic mass is 16.2. The molecule has 0 unspecified atom stereocenters. The molecule has 1 aliphatic heterocycles. The number of hydrogen-bond acceptors (Lipinski definition) is 2. The average Bonchev–Trinajstić information content (AvgIpc) is 2.64. The molecule has 0 aromatic rings. The quantitative estimate of drug-likeness (QED) is 0.556. The lowest BCUT2D eigenvalue weighted by Gasteiger charge is -2.19. The molecule has 11 heavy (non-hydrogen) atoms. The molecule has 2 amide bonds. The van der Waals surface area contributed by atoms with Gasteiger partial charge in [0.05, 0.1) is 0 Å². The van der Waals surface area contributed by atoms with E-state index in [1.165, 1.54) is 12.8 Å². The van der Waals surface area contributed by atoms with Crippen LogP contribution in [-0.2, 0) is 9.59 Å². The molecule has 1 saturated heterocycles. The van der Waals surface area contributed by atoms with E-state index in [0.717, 1.165) is 0 Å². The summed E-state index contributed by atoms with van der Waals surface area (Å²) in [6.07, 6.45) is 3.56. The largest absolute Gasteiger partial charge is 0.296 e. The molecule has 0 bridgehead atoms. The summed E-state index contributed by atoms with van der Waals surface area (Å²) < 4.78 is 0. The number of nitrogens with one attached hydrogen (secondary N) is 1. The predicted molar refractivity (Wildman–Crippen MR) is 38.6 cm³/mol. The standard InChI is InChI=1S/C8H11NO2/c10-7-3-6(5-1-2-5)4-8(11)9-7/h5-6H,1-4H2,(H,9,10,11). The Hall–Kier alpha value is -0.860. The van der Waals surface area contributed by atoms with Crippen molar-refractivity contribution >= 4 is 11.8 Å². The highest BCUT2D eigenvalue weighted by molar-refractivity contribution is 5.97. The number of carbonyl (C=O) groups is 2. The van der Waals surface area contributed by atoms with Crippen LogP contribution in [0.25, 0.3) is 0 Å². The third kappa shape index (κ3) is 1.42. The van der Waals surface area contributed by atoms with Crippen molar-refractivity contribution in [2.45, 2.75) is 25.7 Å². The van der Waals surface area contributed by atoms with Crippen molar-refractivity contribution in [3.8, 4) is 0 Å². The van der Waals surface area contributed by atoms with Crippen LogP contribution in [0.15, 0.2) is 0 Å². The molecule has 3 nitrogen and oxygen atoms in total. The average molecular weight is 153 g/mol. The molecule has 1 heterocycles. The fourth-order valence-corrected chi connectivity index (χ4v) is 1.71. The number of rotatable bonds is 1. The molecule has 3 heteroatoms. The summed E-state index contributed by atoms with van der Waals surface area (Å²) in [5, 5.41) is 2.31. The second-order valence-electron chi connectivity index (χ2n) is 3.48. The monoisotopic (exact) mass is 153 g/mol. The van der Waals surface area contributed by atoms with Crippen LogP contribution < -0.4 is 5.32 Å². The Morgan fingerprint density at radius 1 is 1.00 bits per heavy atom. The Kier molecular flexibility index (Phi) is 1.44. The fourth-order valence-electron chi connectivity index (χ4n) is 1.71. The van der Waals surface area contributed by atoms with Crippen molar-refractivity contribution in [2.24, 2.45) is 11.8 Å². The van der Waals surface area contributed by atoms with E-state index in [0.29, 0.717) is 24.7 Å². The van der Waals surface area contributed by atoms with E-state index in [2.05, 4.69) is 5.32 Å². The molecule has 0 atom stereocenters. The molecule has 0 aromatic heterocycles. The Labute approximate surface area is 65.2 Å². The normalized spacial score (nSPS) is 26.9. The third-order valence-corrected chi connectivity index (χ3v) is 2.46. The van der Waals surface area contributed by atoms with Gasteiger partial charge >= 0.3 is 0 Å². The molecule has 2 rings (SSSR count). The van der Waals surface area contributed by atoms with Crippen LogP contribution in [0.5, 0.6) is 0 Å². The number of carbonyl (C=O) groups excluding carboxylic acids is 2. The smallest absolute Gasteiger partial charge is 0.226 e. The van der Waals surface area contributed by atoms with Gasteiger partial charge in [-0.15, -0.1) is 0 Å². The van der Waals surface area contributed by atoms with E-state index in [1.54, 1.807) is 0 Å². The van der Waals surface area contributed by atoms with Crippen molar-refractivity contribution < 1.29 is 9.59 Å². The first-order valence-corrected chi connectivity index (χ1v) is 4.08. The summed E-state index contributed by atoms with van der Waals surface area (Å²) >= 11 is 0. The van der Waals surface area contributed by atoms with Gasteiger partial charge in [-0.25, -0.2) is 0 Å².